The molecule has 0 fully saturated rings. The molecule has 0 aliphatic carbocycles. The van der Waals surface area contributed by atoms with Gasteiger partial charge in [-0.3, -0.25) is 0 Å². The number of hydrogen-bond acceptors (Lipinski definition) is 5. The van der Waals surface area contributed by atoms with Crippen LogP contribution in [0.1, 0.15) is 56.9 Å². The summed E-state index contributed by atoms with van der Waals surface area (Å²) in [4.78, 5) is 12.0. The second kappa shape index (κ2) is 5.24. The van der Waals surface area contributed by atoms with E-state index in [4.69, 9.17) is 13.9 Å². The van der Waals surface area contributed by atoms with Crippen molar-refractivity contribution in [3.8, 4) is 11.5 Å². The smallest absolute Gasteiger partial charge is 0.336 e. The number of aliphatic hydroxyl groups excluding tert-OH is 1. The van der Waals surface area contributed by atoms with Crippen molar-refractivity contribution in [1.82, 2.24) is 0 Å². The third-order valence-electron chi connectivity index (χ3n) is 5.62. The number of benzene rings is 1. The molecule has 1 aromatic carbocycles. The van der Waals surface area contributed by atoms with Gasteiger partial charge in [0.25, 0.3) is 0 Å². The van der Waals surface area contributed by atoms with E-state index in [1.807, 2.05) is 20.8 Å². The SMILES string of the molecule is Cc1cc(=O)oc2c3c(c4c(c12)OC(C)(C)CC4)O[C@H](C)[C@@H](C)[C@H]3O. The summed E-state index contributed by atoms with van der Waals surface area (Å²) in [6.45, 7) is 9.87. The lowest BCUT2D eigenvalue weighted by Gasteiger charge is -2.39. The molecule has 25 heavy (non-hydrogen) atoms. The van der Waals surface area contributed by atoms with Crippen molar-refractivity contribution >= 4 is 11.0 Å². The predicted octanol–water partition coefficient (Wildman–Crippen LogP) is 3.66. The largest absolute Gasteiger partial charge is 0.489 e. The molecule has 1 aromatic heterocycles. The second-order valence-corrected chi connectivity index (χ2v) is 7.99. The molecule has 4 rings (SSSR count). The lowest BCUT2D eigenvalue weighted by atomic mass is 9.83. The zero-order valence-electron chi connectivity index (χ0n) is 15.3. The molecule has 5 nitrogen and oxygen atoms in total. The van der Waals surface area contributed by atoms with Crippen molar-refractivity contribution in [2.24, 2.45) is 5.92 Å². The van der Waals surface area contributed by atoms with Crippen LogP contribution in [-0.2, 0) is 6.42 Å². The molecule has 0 unspecified atom stereocenters. The highest BCUT2D eigenvalue weighted by molar-refractivity contribution is 5.93. The van der Waals surface area contributed by atoms with Crippen molar-refractivity contribution in [2.45, 2.75) is 65.3 Å². The summed E-state index contributed by atoms with van der Waals surface area (Å²) in [7, 11) is 0. The van der Waals surface area contributed by atoms with Crippen LogP contribution in [0.4, 0.5) is 0 Å². The third-order valence-corrected chi connectivity index (χ3v) is 5.62. The Bertz CT molecular complexity index is 924. The van der Waals surface area contributed by atoms with E-state index in [-0.39, 0.29) is 17.6 Å². The Morgan fingerprint density at radius 2 is 1.96 bits per heavy atom. The first-order valence-corrected chi connectivity index (χ1v) is 8.86. The van der Waals surface area contributed by atoms with Crippen LogP contribution < -0.4 is 15.1 Å². The molecule has 2 aliphatic rings. The number of aryl methyl sites for hydroxylation is 1. The number of rotatable bonds is 0. The lowest BCUT2D eigenvalue weighted by Crippen LogP contribution is -2.36. The van der Waals surface area contributed by atoms with Crippen LogP contribution >= 0.6 is 0 Å². The van der Waals surface area contributed by atoms with Gasteiger partial charge >= 0.3 is 5.63 Å². The number of ether oxygens (including phenoxy) is 2. The molecule has 3 atom stereocenters. The van der Waals surface area contributed by atoms with Gasteiger partial charge in [-0.25, -0.2) is 4.79 Å². The average molecular weight is 344 g/mol. The second-order valence-electron chi connectivity index (χ2n) is 7.99. The van der Waals surface area contributed by atoms with E-state index in [1.54, 1.807) is 0 Å². The Morgan fingerprint density at radius 3 is 2.68 bits per heavy atom. The van der Waals surface area contributed by atoms with Gasteiger partial charge in [-0.05, 0) is 46.1 Å². The zero-order valence-corrected chi connectivity index (χ0v) is 15.3. The third kappa shape index (κ3) is 2.36. The van der Waals surface area contributed by atoms with E-state index >= 15 is 0 Å². The summed E-state index contributed by atoms with van der Waals surface area (Å²) in [5, 5.41) is 11.7. The maximum Gasteiger partial charge on any atom is 0.336 e. The fourth-order valence-electron chi connectivity index (χ4n) is 3.91. The molecule has 0 saturated heterocycles. The van der Waals surface area contributed by atoms with Gasteiger partial charge in [0.05, 0.1) is 17.1 Å². The first kappa shape index (κ1) is 16.5. The maximum absolute atomic E-state index is 12.0. The van der Waals surface area contributed by atoms with E-state index in [1.165, 1.54) is 6.07 Å². The molecule has 0 bridgehead atoms. The highest BCUT2D eigenvalue weighted by Crippen LogP contribution is 2.52. The fourth-order valence-corrected chi connectivity index (χ4v) is 3.91. The van der Waals surface area contributed by atoms with E-state index in [2.05, 4.69) is 13.8 Å². The van der Waals surface area contributed by atoms with Crippen LogP contribution in [0.2, 0.25) is 0 Å². The molecule has 5 heteroatoms. The van der Waals surface area contributed by atoms with Crippen LogP contribution in [0.5, 0.6) is 11.5 Å². The van der Waals surface area contributed by atoms with Gasteiger partial charge in [0.2, 0.25) is 0 Å². The molecule has 1 N–H and O–H groups in total. The topological polar surface area (TPSA) is 68.9 Å². The molecule has 0 spiro atoms. The molecule has 3 heterocycles. The van der Waals surface area contributed by atoms with E-state index in [0.717, 1.165) is 35.1 Å². The molecule has 2 aliphatic heterocycles. The van der Waals surface area contributed by atoms with Crippen LogP contribution in [0, 0.1) is 12.8 Å². The monoisotopic (exact) mass is 344 g/mol. The minimum atomic E-state index is -0.744. The molecule has 2 aromatic rings. The van der Waals surface area contributed by atoms with Crippen molar-refractivity contribution in [3.05, 3.63) is 33.2 Å². The van der Waals surface area contributed by atoms with Crippen molar-refractivity contribution < 1.29 is 19.0 Å². The highest BCUT2D eigenvalue weighted by atomic mass is 16.5. The first-order chi connectivity index (χ1) is 11.7. The van der Waals surface area contributed by atoms with E-state index < -0.39 is 11.7 Å². The number of fused-ring (bicyclic) bond motifs is 6. The standard InChI is InChI=1S/C20H24O5/c1-9-8-13(21)24-19-14(9)18-12(6-7-20(4,5)25-18)17-15(19)16(22)10(2)11(3)23-17/h8,10-11,16,22H,6-7H2,1-5H3/t10-,11-,16-/m1/s1. The minimum Gasteiger partial charge on any atom is -0.489 e. The fraction of sp³-hybridized carbons (Fsp3) is 0.550. The first-order valence-electron chi connectivity index (χ1n) is 8.86. The summed E-state index contributed by atoms with van der Waals surface area (Å²) >= 11 is 0. The Hall–Kier alpha value is -2.01. The van der Waals surface area contributed by atoms with Crippen molar-refractivity contribution in [2.75, 3.05) is 0 Å². The van der Waals surface area contributed by atoms with Gasteiger partial charge in [0, 0.05) is 17.5 Å². The lowest BCUT2D eigenvalue weighted by molar-refractivity contribution is 0.0151. The summed E-state index contributed by atoms with van der Waals surface area (Å²) in [6.07, 6.45) is 0.784. The summed E-state index contributed by atoms with van der Waals surface area (Å²) in [6, 6.07) is 1.47. The average Bonchev–Trinajstić information content (AvgIpc) is 2.50. The van der Waals surface area contributed by atoms with Crippen LogP contribution in [0.3, 0.4) is 0 Å². The highest BCUT2D eigenvalue weighted by Gasteiger charge is 2.40. The quantitative estimate of drug-likeness (QED) is 0.739. The summed E-state index contributed by atoms with van der Waals surface area (Å²) in [5.74, 6) is 1.26. The molecule has 0 amide bonds. The number of hydrogen-bond donors (Lipinski definition) is 1. The molecular weight excluding hydrogens is 320 g/mol. The van der Waals surface area contributed by atoms with Gasteiger partial charge in [-0.2, -0.15) is 0 Å². The molecule has 0 saturated carbocycles. The summed E-state index contributed by atoms with van der Waals surface area (Å²) in [5.41, 5.74) is 2.01. The van der Waals surface area contributed by atoms with Gasteiger partial charge < -0.3 is 19.0 Å². The van der Waals surface area contributed by atoms with E-state index in [0.29, 0.717) is 16.9 Å². The van der Waals surface area contributed by atoms with Gasteiger partial charge in [-0.1, -0.05) is 6.92 Å². The Balaban J connectivity index is 2.15. The van der Waals surface area contributed by atoms with Gasteiger partial charge in [0.1, 0.15) is 23.2 Å². The maximum atomic E-state index is 12.0. The van der Waals surface area contributed by atoms with Crippen LogP contribution in [0.15, 0.2) is 15.3 Å². The van der Waals surface area contributed by atoms with Gasteiger partial charge in [0.15, 0.2) is 5.58 Å². The Morgan fingerprint density at radius 1 is 1.24 bits per heavy atom. The molecule has 134 valence electrons. The predicted molar refractivity (Wildman–Crippen MR) is 94.5 cm³/mol. The normalized spacial score (nSPS) is 27.2. The van der Waals surface area contributed by atoms with Gasteiger partial charge in [-0.15, -0.1) is 0 Å². The minimum absolute atomic E-state index is 0.0967. The number of aliphatic hydroxyl groups is 1. The van der Waals surface area contributed by atoms with Crippen molar-refractivity contribution in [3.63, 3.8) is 0 Å². The zero-order chi connectivity index (χ0) is 18.1. The molecular formula is C20H24O5. The van der Waals surface area contributed by atoms with E-state index in [9.17, 15) is 9.90 Å². The Labute approximate surface area is 146 Å². The van der Waals surface area contributed by atoms with Crippen LogP contribution in [0.25, 0.3) is 11.0 Å². The van der Waals surface area contributed by atoms with Crippen molar-refractivity contribution in [1.29, 1.82) is 0 Å². The Kier molecular flexibility index (Phi) is 3.45. The summed E-state index contributed by atoms with van der Waals surface area (Å²) < 4.78 is 18.0. The molecule has 0 radical (unpaired) electrons. The van der Waals surface area contributed by atoms with Crippen LogP contribution in [-0.4, -0.2) is 16.8 Å².